The Morgan fingerprint density at radius 3 is 2.35 bits per heavy atom. The van der Waals surface area contributed by atoms with E-state index in [0.717, 1.165) is 5.52 Å². The molecule has 0 fully saturated rings. The molecule has 6 heteroatoms. The molecule has 1 atom stereocenters. The number of rotatable bonds is 2. The van der Waals surface area contributed by atoms with E-state index in [9.17, 15) is 0 Å². The van der Waals surface area contributed by atoms with Crippen molar-refractivity contribution in [3.63, 3.8) is 0 Å². The first-order valence-corrected chi connectivity index (χ1v) is 11.6. The van der Waals surface area contributed by atoms with Crippen molar-refractivity contribution in [2.45, 2.75) is 24.3 Å². The summed E-state index contributed by atoms with van der Waals surface area (Å²) in [6, 6.07) is 10.4. The molecule has 23 heavy (non-hydrogen) atoms. The Bertz CT molecular complexity index is 777. The van der Waals surface area contributed by atoms with Crippen molar-refractivity contribution in [3.05, 3.63) is 65.0 Å². The zero-order valence-electron chi connectivity index (χ0n) is 13.1. The van der Waals surface area contributed by atoms with Gasteiger partial charge in [-0.1, -0.05) is 0 Å². The molecule has 1 aliphatic carbocycles. The van der Waals surface area contributed by atoms with E-state index in [4.69, 9.17) is 11.1 Å². The number of hydrogen-bond donors (Lipinski definition) is 0. The third-order valence-electron chi connectivity index (χ3n) is 3.91. The molecule has 1 aromatic carbocycles. The minimum Gasteiger partial charge on any atom is -1.00 e. The molecule has 121 valence electrons. The van der Waals surface area contributed by atoms with Crippen LogP contribution in [0.4, 0.5) is 0 Å². The van der Waals surface area contributed by atoms with E-state index >= 15 is 0 Å². The quantitative estimate of drug-likeness (QED) is 0.441. The summed E-state index contributed by atoms with van der Waals surface area (Å²) in [5.74, 6) is 0. The summed E-state index contributed by atoms with van der Waals surface area (Å²) in [6.45, 7) is 6.50. The molecular formula is C17H17Cl3CrNSi. The maximum Gasteiger partial charge on any atom is -1.00 e. The Balaban J connectivity index is 0.00000132. The van der Waals surface area contributed by atoms with Crippen LogP contribution in [0.3, 0.4) is 0 Å². The van der Waals surface area contributed by atoms with Crippen LogP contribution >= 0.6 is 11.1 Å². The summed E-state index contributed by atoms with van der Waals surface area (Å²) in [5, 5.41) is 2.48. The van der Waals surface area contributed by atoms with E-state index in [1.54, 1.807) is 0 Å². The first-order valence-electron chi connectivity index (χ1n) is 6.98. The van der Waals surface area contributed by atoms with Crippen molar-refractivity contribution in [2.24, 2.45) is 0 Å². The van der Waals surface area contributed by atoms with Gasteiger partial charge in [-0.3, -0.25) is 0 Å². The molecule has 0 spiro atoms. The standard InChI is InChI=1S/C17H17ClNSi.2ClH.Cr/c1-12-10-14(11-16(12)20(2,3)18)15-8-4-6-13-7-5-9-19-17(13)15;;;/h4-11H,1-3H3;2*1H;/q;;;+2/p-2. The molecule has 1 heterocycles. The second-order valence-corrected chi connectivity index (χ2v) is 13.4. The van der Waals surface area contributed by atoms with Crippen LogP contribution in [-0.4, -0.2) is 12.4 Å². The van der Waals surface area contributed by atoms with Crippen molar-refractivity contribution in [1.82, 2.24) is 4.98 Å². The number of para-hydroxylation sites is 1. The van der Waals surface area contributed by atoms with Crippen LogP contribution in [0, 0.1) is 0 Å². The summed E-state index contributed by atoms with van der Waals surface area (Å²) >= 11 is 10.0. The summed E-state index contributed by atoms with van der Waals surface area (Å²) in [7, 11) is -1.85. The predicted octanol–water partition coefficient (Wildman–Crippen LogP) is -1.15. The maximum atomic E-state index is 6.67. The van der Waals surface area contributed by atoms with Crippen molar-refractivity contribution in [3.8, 4) is 0 Å². The molecule has 1 aliphatic rings. The number of hydrogen-bond acceptors (Lipinski definition) is 1. The van der Waals surface area contributed by atoms with Gasteiger partial charge >= 0.3 is 140 Å². The number of aromatic nitrogens is 1. The van der Waals surface area contributed by atoms with Crippen LogP contribution < -0.4 is 24.8 Å². The number of fused-ring (bicyclic) bond motifs is 1. The maximum absolute atomic E-state index is 6.67. The fourth-order valence-electron chi connectivity index (χ4n) is 2.98. The third-order valence-corrected chi connectivity index (χ3v) is 7.05. The molecule has 0 saturated heterocycles. The molecule has 1 unspecified atom stereocenters. The van der Waals surface area contributed by atoms with Crippen molar-refractivity contribution < 1.29 is 41.1 Å². The third kappa shape index (κ3) is 3.87. The number of halogens is 3. The molecular weight excluding hydrogens is 405 g/mol. The zero-order valence-corrected chi connectivity index (χ0v) is 17.7. The Kier molecular flexibility index (Phi) is 6.61. The molecule has 0 N–H and O–H groups in total. The molecule has 0 aliphatic heterocycles. The molecule has 1 aromatic heterocycles. The summed E-state index contributed by atoms with van der Waals surface area (Å²) < 4.78 is -0.244. The van der Waals surface area contributed by atoms with E-state index in [-0.39, 0.29) is 29.1 Å². The Labute approximate surface area is 164 Å². The van der Waals surface area contributed by atoms with E-state index in [0.29, 0.717) is 0 Å². The molecule has 1 nitrogen and oxygen atoms in total. The van der Waals surface area contributed by atoms with Crippen molar-refractivity contribution in [1.29, 1.82) is 0 Å². The Hall–Kier alpha value is -0.271. The van der Waals surface area contributed by atoms with Gasteiger partial charge in [0, 0.05) is 0 Å². The monoisotopic (exact) mass is 420 g/mol. The number of pyridine rings is 1. The first kappa shape index (κ1) is 20.8. The van der Waals surface area contributed by atoms with E-state index in [1.807, 2.05) is 12.3 Å². The van der Waals surface area contributed by atoms with Crippen LogP contribution in [0.2, 0.25) is 13.1 Å². The average molecular weight is 422 g/mol. The topological polar surface area (TPSA) is 12.9 Å². The van der Waals surface area contributed by atoms with Gasteiger partial charge < -0.3 is 24.8 Å². The molecule has 2 aromatic rings. The van der Waals surface area contributed by atoms with Gasteiger partial charge in [0.05, 0.1) is 0 Å². The van der Waals surface area contributed by atoms with Gasteiger partial charge in [0.15, 0.2) is 0 Å². The first-order chi connectivity index (χ1) is 9.81. The summed E-state index contributed by atoms with van der Waals surface area (Å²) in [4.78, 5) is 4.58. The second kappa shape index (κ2) is 7.31. The van der Waals surface area contributed by atoms with E-state index in [2.05, 4.69) is 77.7 Å². The van der Waals surface area contributed by atoms with Gasteiger partial charge in [0.25, 0.3) is 0 Å². The number of nitrogens with zero attached hydrogens (tertiary/aromatic N) is 1. The minimum absolute atomic E-state index is 0. The van der Waals surface area contributed by atoms with E-state index < -0.39 is 7.38 Å². The van der Waals surface area contributed by atoms with Gasteiger partial charge in [0.1, 0.15) is 0 Å². The van der Waals surface area contributed by atoms with Gasteiger partial charge in [0.2, 0.25) is 0 Å². The number of benzene rings is 1. The molecule has 3 rings (SSSR count). The second-order valence-electron chi connectivity index (χ2n) is 6.03. The van der Waals surface area contributed by atoms with Crippen LogP contribution in [0.25, 0.3) is 10.9 Å². The van der Waals surface area contributed by atoms with E-state index in [1.165, 1.54) is 21.7 Å². The van der Waals surface area contributed by atoms with Gasteiger partial charge in [-0.05, 0) is 0 Å². The van der Waals surface area contributed by atoms with Crippen molar-refractivity contribution in [2.75, 3.05) is 0 Å². The zero-order chi connectivity index (χ0) is 15.3. The van der Waals surface area contributed by atoms with Crippen LogP contribution in [0.1, 0.15) is 12.5 Å². The summed E-state index contributed by atoms with van der Waals surface area (Å²) in [6.07, 6.45) is 6.43. The fraction of sp³-hybridized carbons (Fsp3) is 0.235. The SMILES string of the molecule is CC1=C[C]([Cr+2])(c2cccc3cccnc23)C=C1[Si](C)(C)Cl.[Cl-].[Cl-]. The molecule has 0 amide bonds. The largest absolute Gasteiger partial charge is 1.00 e. The van der Waals surface area contributed by atoms with Gasteiger partial charge in [-0.15, -0.1) is 0 Å². The van der Waals surface area contributed by atoms with Gasteiger partial charge in [-0.2, -0.15) is 0 Å². The molecule has 0 radical (unpaired) electrons. The van der Waals surface area contributed by atoms with Crippen LogP contribution in [-0.2, 0) is 20.6 Å². The van der Waals surface area contributed by atoms with Crippen molar-refractivity contribution >= 4 is 29.4 Å². The smallest absolute Gasteiger partial charge is 1.00 e. The number of allylic oxidation sites excluding steroid dienone is 4. The normalized spacial score (nSPS) is 20.3. The Morgan fingerprint density at radius 1 is 1.09 bits per heavy atom. The van der Waals surface area contributed by atoms with Crippen LogP contribution in [0.5, 0.6) is 0 Å². The molecule has 0 saturated carbocycles. The predicted molar refractivity (Wildman–Crippen MR) is 88.6 cm³/mol. The molecule has 0 bridgehead atoms. The van der Waals surface area contributed by atoms with Crippen LogP contribution in [0.15, 0.2) is 59.5 Å². The minimum atomic E-state index is -1.85. The fourth-order valence-corrected chi connectivity index (χ4v) is 6.06. The Morgan fingerprint density at radius 2 is 1.74 bits per heavy atom. The summed E-state index contributed by atoms with van der Waals surface area (Å²) in [5.41, 5.74) is 3.53. The van der Waals surface area contributed by atoms with Gasteiger partial charge in [-0.25, -0.2) is 0 Å². The average Bonchev–Trinajstić information content (AvgIpc) is 2.74.